The lowest BCUT2D eigenvalue weighted by Crippen LogP contribution is -2.37. The Bertz CT molecular complexity index is 749. The lowest BCUT2D eigenvalue weighted by atomic mass is 10.1. The molecule has 5 nitrogen and oxygen atoms in total. The van der Waals surface area contributed by atoms with Gasteiger partial charge in [-0.3, -0.25) is 0 Å². The number of anilines is 1. The summed E-state index contributed by atoms with van der Waals surface area (Å²) < 4.78 is 42.7. The number of amides is 2. The van der Waals surface area contributed by atoms with E-state index in [1.807, 2.05) is 25.1 Å². The van der Waals surface area contributed by atoms with Crippen LogP contribution in [0.5, 0.6) is 5.75 Å². The first-order valence-electron chi connectivity index (χ1n) is 8.40. The number of nitrogens with one attached hydrogen (secondary N) is 2. The molecule has 0 aliphatic carbocycles. The number of carbonyl (C=O) groups is 1. The Hall–Kier alpha value is -2.74. The fourth-order valence-electron chi connectivity index (χ4n) is 2.32. The van der Waals surface area contributed by atoms with Crippen molar-refractivity contribution in [3.05, 3.63) is 59.7 Å². The first-order valence-corrected chi connectivity index (χ1v) is 8.40. The maximum atomic E-state index is 12.5. The molecule has 0 aliphatic heterocycles. The molecule has 3 N–H and O–H groups in total. The number of benzene rings is 2. The number of hydrogen-bond acceptors (Lipinski definition) is 3. The van der Waals surface area contributed by atoms with E-state index in [2.05, 4.69) is 10.6 Å². The average Bonchev–Trinajstić information content (AvgIpc) is 2.64. The van der Waals surface area contributed by atoms with Crippen molar-refractivity contribution in [2.45, 2.75) is 25.6 Å². The van der Waals surface area contributed by atoms with Crippen LogP contribution in [0.15, 0.2) is 48.5 Å². The summed E-state index contributed by atoms with van der Waals surface area (Å²) in [7, 11) is 0. The monoisotopic (exact) mass is 382 g/mol. The van der Waals surface area contributed by atoms with Gasteiger partial charge in [0.25, 0.3) is 0 Å². The van der Waals surface area contributed by atoms with Crippen molar-refractivity contribution in [1.29, 1.82) is 0 Å². The molecule has 1 unspecified atom stereocenters. The van der Waals surface area contributed by atoms with E-state index in [1.54, 1.807) is 6.07 Å². The largest absolute Gasteiger partial charge is 0.491 e. The maximum Gasteiger partial charge on any atom is 0.416 e. The summed E-state index contributed by atoms with van der Waals surface area (Å²) in [5, 5.41) is 15.1. The van der Waals surface area contributed by atoms with Gasteiger partial charge in [0.15, 0.2) is 0 Å². The van der Waals surface area contributed by atoms with E-state index in [0.717, 1.165) is 24.1 Å². The SMILES string of the molecule is CCc1ccccc1NC(=O)NCC(O)COc1ccc(C(F)(F)F)cc1. The number of carbonyl (C=O) groups excluding carboxylic acids is 1. The fraction of sp³-hybridized carbons (Fsp3) is 0.316. The van der Waals surface area contributed by atoms with E-state index in [1.165, 1.54) is 12.1 Å². The second kappa shape index (κ2) is 9.27. The highest BCUT2D eigenvalue weighted by atomic mass is 19.4. The third-order valence-corrected chi connectivity index (χ3v) is 3.77. The molecule has 0 saturated carbocycles. The summed E-state index contributed by atoms with van der Waals surface area (Å²) in [6.45, 7) is 1.73. The summed E-state index contributed by atoms with van der Waals surface area (Å²) in [5.74, 6) is 0.198. The minimum atomic E-state index is -4.41. The second-order valence-corrected chi connectivity index (χ2v) is 5.83. The molecule has 1 atom stereocenters. The molecule has 0 radical (unpaired) electrons. The van der Waals surface area contributed by atoms with Crippen molar-refractivity contribution in [3.63, 3.8) is 0 Å². The zero-order valence-corrected chi connectivity index (χ0v) is 14.7. The molecule has 0 aromatic heterocycles. The average molecular weight is 382 g/mol. The second-order valence-electron chi connectivity index (χ2n) is 5.83. The Morgan fingerprint density at radius 2 is 1.81 bits per heavy atom. The van der Waals surface area contributed by atoms with Crippen LogP contribution in [0.4, 0.5) is 23.7 Å². The van der Waals surface area contributed by atoms with Gasteiger partial charge < -0.3 is 20.5 Å². The Morgan fingerprint density at radius 1 is 1.15 bits per heavy atom. The molecule has 2 aromatic carbocycles. The minimum absolute atomic E-state index is 0.0687. The molecule has 2 amide bonds. The number of aryl methyl sites for hydroxylation is 1. The van der Waals surface area contributed by atoms with Gasteiger partial charge in [-0.15, -0.1) is 0 Å². The molecule has 8 heteroatoms. The van der Waals surface area contributed by atoms with E-state index in [9.17, 15) is 23.1 Å². The topological polar surface area (TPSA) is 70.6 Å². The van der Waals surface area contributed by atoms with E-state index in [4.69, 9.17) is 4.74 Å². The molecule has 0 aliphatic rings. The van der Waals surface area contributed by atoms with Crippen molar-refractivity contribution in [2.24, 2.45) is 0 Å². The first-order chi connectivity index (χ1) is 12.8. The van der Waals surface area contributed by atoms with Crippen LogP contribution < -0.4 is 15.4 Å². The van der Waals surface area contributed by atoms with Crippen LogP contribution in [0, 0.1) is 0 Å². The fourth-order valence-corrected chi connectivity index (χ4v) is 2.32. The Kier molecular flexibility index (Phi) is 7.06. The van der Waals surface area contributed by atoms with Gasteiger partial charge in [0.1, 0.15) is 18.5 Å². The third kappa shape index (κ3) is 6.49. The minimum Gasteiger partial charge on any atom is -0.491 e. The number of para-hydroxylation sites is 1. The van der Waals surface area contributed by atoms with Crippen molar-refractivity contribution in [1.82, 2.24) is 5.32 Å². The number of aliphatic hydroxyl groups is 1. The van der Waals surface area contributed by atoms with Gasteiger partial charge in [-0.05, 0) is 42.3 Å². The normalized spacial score (nSPS) is 12.3. The van der Waals surface area contributed by atoms with Crippen LogP contribution in [0.3, 0.4) is 0 Å². The summed E-state index contributed by atoms with van der Waals surface area (Å²) in [4.78, 5) is 11.9. The van der Waals surface area contributed by atoms with E-state index in [-0.39, 0.29) is 18.9 Å². The molecule has 0 bridgehead atoms. The van der Waals surface area contributed by atoms with E-state index in [0.29, 0.717) is 5.69 Å². The number of alkyl halides is 3. The lowest BCUT2D eigenvalue weighted by molar-refractivity contribution is -0.137. The van der Waals surface area contributed by atoms with Crippen LogP contribution in [0.2, 0.25) is 0 Å². The number of ether oxygens (including phenoxy) is 1. The summed E-state index contributed by atoms with van der Waals surface area (Å²) in [6.07, 6.45) is -4.66. The van der Waals surface area contributed by atoms with Gasteiger partial charge >= 0.3 is 12.2 Å². The van der Waals surface area contributed by atoms with Crippen LogP contribution in [-0.2, 0) is 12.6 Å². The van der Waals surface area contributed by atoms with Crippen molar-refractivity contribution < 1.29 is 27.8 Å². The molecule has 0 spiro atoms. The number of hydrogen-bond donors (Lipinski definition) is 3. The van der Waals surface area contributed by atoms with Crippen molar-refractivity contribution in [2.75, 3.05) is 18.5 Å². The smallest absolute Gasteiger partial charge is 0.416 e. The zero-order chi connectivity index (χ0) is 19.9. The molecule has 0 heterocycles. The lowest BCUT2D eigenvalue weighted by Gasteiger charge is -2.15. The molecular weight excluding hydrogens is 361 g/mol. The predicted octanol–water partition coefficient (Wildman–Crippen LogP) is 3.83. The Labute approximate surface area is 155 Å². The predicted molar refractivity (Wildman–Crippen MR) is 95.8 cm³/mol. The van der Waals surface area contributed by atoms with E-state index < -0.39 is 23.9 Å². The van der Waals surface area contributed by atoms with Gasteiger partial charge in [-0.25, -0.2) is 4.79 Å². The number of urea groups is 1. The number of halogens is 3. The van der Waals surface area contributed by atoms with Gasteiger partial charge in [0.2, 0.25) is 0 Å². The number of rotatable bonds is 7. The van der Waals surface area contributed by atoms with Crippen LogP contribution >= 0.6 is 0 Å². The molecule has 2 aromatic rings. The van der Waals surface area contributed by atoms with Gasteiger partial charge in [-0.2, -0.15) is 13.2 Å². The highest BCUT2D eigenvalue weighted by Crippen LogP contribution is 2.30. The molecule has 146 valence electrons. The maximum absolute atomic E-state index is 12.5. The zero-order valence-electron chi connectivity index (χ0n) is 14.7. The quantitative estimate of drug-likeness (QED) is 0.682. The summed E-state index contributed by atoms with van der Waals surface area (Å²) >= 11 is 0. The molecule has 2 rings (SSSR count). The van der Waals surface area contributed by atoms with Crippen LogP contribution in [0.1, 0.15) is 18.1 Å². The van der Waals surface area contributed by atoms with Crippen molar-refractivity contribution in [3.8, 4) is 5.75 Å². The highest BCUT2D eigenvalue weighted by Gasteiger charge is 2.30. The van der Waals surface area contributed by atoms with Gasteiger partial charge in [0, 0.05) is 12.2 Å². The van der Waals surface area contributed by atoms with Crippen molar-refractivity contribution >= 4 is 11.7 Å². The standard InChI is InChI=1S/C19H21F3N2O3/c1-2-13-5-3-4-6-17(13)24-18(26)23-11-15(25)12-27-16-9-7-14(8-10-16)19(20,21)22/h3-10,15,25H,2,11-12H2,1H3,(H2,23,24,26). The van der Waals surface area contributed by atoms with Gasteiger partial charge in [-0.1, -0.05) is 25.1 Å². The molecule has 27 heavy (non-hydrogen) atoms. The molecule has 0 saturated heterocycles. The molecule has 0 fully saturated rings. The van der Waals surface area contributed by atoms with Gasteiger partial charge in [0.05, 0.1) is 5.56 Å². The molecular formula is C19H21F3N2O3. The first kappa shape index (κ1) is 20.6. The third-order valence-electron chi connectivity index (χ3n) is 3.77. The Balaban J connectivity index is 1.75. The van der Waals surface area contributed by atoms with Crippen LogP contribution in [-0.4, -0.2) is 30.4 Å². The van der Waals surface area contributed by atoms with E-state index >= 15 is 0 Å². The Morgan fingerprint density at radius 3 is 2.44 bits per heavy atom. The summed E-state index contributed by atoms with van der Waals surface area (Å²) in [6, 6.07) is 11.1. The number of aliphatic hydroxyl groups excluding tert-OH is 1. The summed E-state index contributed by atoms with van der Waals surface area (Å²) in [5.41, 5.74) is 0.896. The highest BCUT2D eigenvalue weighted by molar-refractivity contribution is 5.90. The van der Waals surface area contributed by atoms with Crippen LogP contribution in [0.25, 0.3) is 0 Å².